The molecule has 1 unspecified atom stereocenters. The highest BCUT2D eigenvalue weighted by molar-refractivity contribution is 6.31. The van der Waals surface area contributed by atoms with Crippen molar-refractivity contribution >= 4 is 11.6 Å². The van der Waals surface area contributed by atoms with Crippen LogP contribution in [0.2, 0.25) is 5.02 Å². The second-order valence-electron chi connectivity index (χ2n) is 3.23. The van der Waals surface area contributed by atoms with Crippen molar-refractivity contribution in [3.8, 4) is 0 Å². The molecule has 1 atom stereocenters. The van der Waals surface area contributed by atoms with Crippen LogP contribution in [0.5, 0.6) is 0 Å². The number of benzene rings is 1. The lowest BCUT2D eigenvalue weighted by atomic mass is 9.87. The Balaban J connectivity index is 2.38. The van der Waals surface area contributed by atoms with E-state index in [2.05, 4.69) is 0 Å². The van der Waals surface area contributed by atoms with Gasteiger partial charge >= 0.3 is 0 Å². The van der Waals surface area contributed by atoms with Crippen LogP contribution < -0.4 is 0 Å². The summed E-state index contributed by atoms with van der Waals surface area (Å²) >= 11 is 6.01. The number of halogens is 1. The predicted octanol–water partition coefficient (Wildman–Crippen LogP) is 1.95. The molecular weight excluding hydrogens is 188 g/mol. The van der Waals surface area contributed by atoms with E-state index < -0.39 is 5.60 Å². The van der Waals surface area contributed by atoms with Gasteiger partial charge in [-0.05, 0) is 6.07 Å². The first-order valence-corrected chi connectivity index (χ1v) is 4.66. The Hall–Kier alpha value is -0.570. The van der Waals surface area contributed by atoms with Crippen LogP contribution in [-0.2, 0) is 10.3 Å². The van der Waals surface area contributed by atoms with E-state index in [1.165, 1.54) is 0 Å². The molecule has 13 heavy (non-hydrogen) atoms. The highest BCUT2D eigenvalue weighted by Gasteiger charge is 2.40. The van der Waals surface area contributed by atoms with Gasteiger partial charge in [-0.25, -0.2) is 0 Å². The van der Waals surface area contributed by atoms with Crippen molar-refractivity contribution in [3.63, 3.8) is 0 Å². The second-order valence-corrected chi connectivity index (χ2v) is 3.64. The monoisotopic (exact) mass is 198 g/mol. The van der Waals surface area contributed by atoms with Crippen LogP contribution in [0, 0.1) is 0 Å². The molecule has 0 aromatic heterocycles. The van der Waals surface area contributed by atoms with Gasteiger partial charge in [0.25, 0.3) is 0 Å². The summed E-state index contributed by atoms with van der Waals surface area (Å²) in [7, 11) is 0. The molecule has 0 aliphatic carbocycles. The Labute approximate surface area is 82.1 Å². The molecule has 0 saturated carbocycles. The molecule has 2 rings (SSSR count). The number of rotatable bonds is 2. The van der Waals surface area contributed by atoms with E-state index in [1.807, 2.05) is 24.3 Å². The van der Waals surface area contributed by atoms with Gasteiger partial charge in [-0.3, -0.25) is 0 Å². The second kappa shape index (κ2) is 3.29. The summed E-state index contributed by atoms with van der Waals surface area (Å²) in [6.07, 6.45) is 0.841. The van der Waals surface area contributed by atoms with Gasteiger partial charge in [0.05, 0.1) is 13.2 Å². The van der Waals surface area contributed by atoms with E-state index >= 15 is 0 Å². The summed E-state index contributed by atoms with van der Waals surface area (Å²) in [5.41, 5.74) is 0.364. The molecule has 0 bridgehead atoms. The molecule has 1 aromatic rings. The van der Waals surface area contributed by atoms with E-state index in [4.69, 9.17) is 16.3 Å². The summed E-state index contributed by atoms with van der Waals surface area (Å²) in [6.45, 7) is 0.697. The number of aliphatic hydroxyl groups excluding tert-OH is 1. The topological polar surface area (TPSA) is 29.5 Å². The Bertz CT molecular complexity index is 302. The Morgan fingerprint density at radius 1 is 1.46 bits per heavy atom. The minimum Gasteiger partial charge on any atom is -0.393 e. The SMILES string of the molecule is OCC1(c2ccccc2Cl)CCO1. The largest absolute Gasteiger partial charge is 0.393 e. The van der Waals surface area contributed by atoms with Crippen molar-refractivity contribution < 1.29 is 9.84 Å². The number of aliphatic hydroxyl groups is 1. The summed E-state index contributed by atoms with van der Waals surface area (Å²) in [6, 6.07) is 7.49. The highest BCUT2D eigenvalue weighted by atomic mass is 35.5. The highest BCUT2D eigenvalue weighted by Crippen LogP contribution is 2.40. The van der Waals surface area contributed by atoms with Crippen LogP contribution in [0.15, 0.2) is 24.3 Å². The lowest BCUT2D eigenvalue weighted by molar-refractivity contribution is -0.177. The van der Waals surface area contributed by atoms with Gasteiger partial charge < -0.3 is 9.84 Å². The van der Waals surface area contributed by atoms with Gasteiger partial charge in [0.2, 0.25) is 0 Å². The lowest BCUT2D eigenvalue weighted by Crippen LogP contribution is -2.44. The molecule has 1 heterocycles. The zero-order valence-electron chi connectivity index (χ0n) is 7.16. The van der Waals surface area contributed by atoms with Crippen molar-refractivity contribution in [3.05, 3.63) is 34.9 Å². The number of ether oxygens (including phenoxy) is 1. The van der Waals surface area contributed by atoms with Crippen molar-refractivity contribution in [2.45, 2.75) is 12.0 Å². The molecule has 2 nitrogen and oxygen atoms in total. The Kier molecular flexibility index (Phi) is 2.28. The van der Waals surface area contributed by atoms with Gasteiger partial charge in [-0.2, -0.15) is 0 Å². The normalized spacial score (nSPS) is 26.9. The Morgan fingerprint density at radius 2 is 2.15 bits per heavy atom. The van der Waals surface area contributed by atoms with Crippen LogP contribution in [0.3, 0.4) is 0 Å². The fraction of sp³-hybridized carbons (Fsp3) is 0.400. The van der Waals surface area contributed by atoms with E-state index in [9.17, 15) is 5.11 Å². The smallest absolute Gasteiger partial charge is 0.120 e. The van der Waals surface area contributed by atoms with Gasteiger partial charge in [0.15, 0.2) is 0 Å². The van der Waals surface area contributed by atoms with Crippen molar-refractivity contribution in [1.82, 2.24) is 0 Å². The standard InChI is InChI=1S/C10H11ClO2/c11-9-4-2-1-3-8(9)10(7-12)5-6-13-10/h1-4,12H,5-7H2. The molecule has 1 fully saturated rings. The zero-order valence-corrected chi connectivity index (χ0v) is 7.92. The van der Waals surface area contributed by atoms with E-state index in [0.29, 0.717) is 11.6 Å². The lowest BCUT2D eigenvalue weighted by Gasteiger charge is -2.41. The van der Waals surface area contributed by atoms with Crippen LogP contribution in [0.1, 0.15) is 12.0 Å². The fourth-order valence-electron chi connectivity index (χ4n) is 1.60. The molecule has 1 N–H and O–H groups in total. The number of hydrogen-bond acceptors (Lipinski definition) is 2. The first-order valence-electron chi connectivity index (χ1n) is 4.28. The molecule has 3 heteroatoms. The third-order valence-corrected chi connectivity index (χ3v) is 2.83. The maximum absolute atomic E-state index is 9.23. The molecule has 1 aliphatic heterocycles. The van der Waals surface area contributed by atoms with Crippen molar-refractivity contribution in [2.75, 3.05) is 13.2 Å². The average molecular weight is 199 g/mol. The molecule has 1 saturated heterocycles. The van der Waals surface area contributed by atoms with Crippen LogP contribution >= 0.6 is 11.6 Å². The van der Waals surface area contributed by atoms with Crippen LogP contribution in [-0.4, -0.2) is 18.3 Å². The molecule has 0 spiro atoms. The first kappa shape index (κ1) is 9.00. The van der Waals surface area contributed by atoms with E-state index in [0.717, 1.165) is 12.0 Å². The first-order chi connectivity index (χ1) is 6.28. The summed E-state index contributed by atoms with van der Waals surface area (Å²) in [5.74, 6) is 0. The summed E-state index contributed by atoms with van der Waals surface area (Å²) in [5, 5.41) is 9.89. The van der Waals surface area contributed by atoms with Gasteiger partial charge in [-0.1, -0.05) is 29.8 Å². The molecule has 1 aromatic carbocycles. The predicted molar refractivity (Wildman–Crippen MR) is 50.8 cm³/mol. The molecule has 0 radical (unpaired) electrons. The molecule has 0 amide bonds. The summed E-state index contributed by atoms with van der Waals surface area (Å²) in [4.78, 5) is 0. The van der Waals surface area contributed by atoms with Crippen LogP contribution in [0.4, 0.5) is 0 Å². The fourth-order valence-corrected chi connectivity index (χ4v) is 1.91. The quantitative estimate of drug-likeness (QED) is 0.787. The molecular formula is C10H11ClO2. The van der Waals surface area contributed by atoms with Gasteiger partial charge in [0, 0.05) is 17.0 Å². The maximum Gasteiger partial charge on any atom is 0.120 e. The number of hydrogen-bond donors (Lipinski definition) is 1. The minimum atomic E-state index is -0.529. The third kappa shape index (κ3) is 1.35. The Morgan fingerprint density at radius 3 is 2.62 bits per heavy atom. The van der Waals surface area contributed by atoms with Crippen LogP contribution in [0.25, 0.3) is 0 Å². The maximum atomic E-state index is 9.23. The average Bonchev–Trinajstić information content (AvgIpc) is 2.07. The van der Waals surface area contributed by atoms with Crippen molar-refractivity contribution in [1.29, 1.82) is 0 Å². The van der Waals surface area contributed by atoms with E-state index in [-0.39, 0.29) is 6.61 Å². The summed E-state index contributed by atoms with van der Waals surface area (Å²) < 4.78 is 5.40. The third-order valence-electron chi connectivity index (χ3n) is 2.50. The van der Waals surface area contributed by atoms with E-state index in [1.54, 1.807) is 0 Å². The molecule has 70 valence electrons. The van der Waals surface area contributed by atoms with Crippen molar-refractivity contribution in [2.24, 2.45) is 0 Å². The molecule has 1 aliphatic rings. The van der Waals surface area contributed by atoms with Gasteiger partial charge in [0.1, 0.15) is 5.60 Å². The minimum absolute atomic E-state index is 0.00324. The van der Waals surface area contributed by atoms with Gasteiger partial charge in [-0.15, -0.1) is 0 Å². The zero-order chi connectivity index (χ0) is 9.31.